The summed E-state index contributed by atoms with van der Waals surface area (Å²) < 4.78 is 19.7. The lowest BCUT2D eigenvalue weighted by atomic mass is 9.47. The summed E-state index contributed by atoms with van der Waals surface area (Å²) in [6, 6.07) is 21.9. The van der Waals surface area contributed by atoms with E-state index in [4.69, 9.17) is 25.1 Å². The topological polar surface area (TPSA) is 429 Å². The number of aromatic amines is 2. The van der Waals surface area contributed by atoms with Crippen LogP contribution in [0.15, 0.2) is 108 Å². The number of hydrogen-bond donors (Lipinski definition) is 12. The number of H-pyrrole nitrogens is 2. The number of hydrogen-bond acceptors (Lipinski definition) is 22. The number of nitrogens with two attached hydrogens (primary N) is 2. The lowest BCUT2D eigenvalue weighted by molar-refractivity contribution is -0.201. The van der Waals surface area contributed by atoms with E-state index >= 15 is 4.79 Å². The van der Waals surface area contributed by atoms with Crippen molar-refractivity contribution in [2.24, 2.45) is 17.1 Å². The van der Waals surface area contributed by atoms with Crippen molar-refractivity contribution in [3.05, 3.63) is 147 Å². The molecular formula is C78H97N15O15Si2. The number of aliphatic hydroxyl groups excluding tert-OH is 1. The Bertz CT molecular complexity index is 4930. The second-order valence-corrected chi connectivity index (χ2v) is 39.9. The van der Waals surface area contributed by atoms with Crippen molar-refractivity contribution in [1.82, 2.24) is 50.3 Å². The number of ether oxygens (including phenoxy) is 2. The first-order valence-corrected chi connectivity index (χ1v) is 43.4. The highest BCUT2D eigenvalue weighted by Crippen LogP contribution is 2.68. The molecule has 13 atom stereocenters. The number of carbonyl (C=O) groups is 7. The number of primary amides is 1. The molecule has 0 radical (unpaired) electrons. The van der Waals surface area contributed by atoms with E-state index in [0.717, 1.165) is 27.2 Å². The molecule has 1 saturated carbocycles. The maximum absolute atomic E-state index is 16.0. The first-order valence-electron chi connectivity index (χ1n) is 37.7. The number of nitrogens with one attached hydrogen (secondary N) is 6. The Kier molecular flexibility index (Phi) is 20.2. The van der Waals surface area contributed by atoms with Crippen molar-refractivity contribution >= 4 is 108 Å². The van der Waals surface area contributed by atoms with Crippen LogP contribution in [0.2, 0.25) is 25.7 Å². The van der Waals surface area contributed by atoms with E-state index in [-0.39, 0.29) is 85.1 Å². The molecule has 582 valence electrons. The second-order valence-electron chi connectivity index (χ2n) is 31.8. The zero-order valence-electron chi connectivity index (χ0n) is 63.1. The van der Waals surface area contributed by atoms with Crippen molar-refractivity contribution in [2.75, 3.05) is 88.0 Å². The molecule has 2 bridgehead atoms. The molecule has 14 rings (SSSR count). The van der Waals surface area contributed by atoms with Crippen LogP contribution in [-0.4, -0.2) is 226 Å². The normalized spacial score (nSPS) is 28.4. The van der Waals surface area contributed by atoms with Crippen LogP contribution >= 0.6 is 0 Å². The van der Waals surface area contributed by atoms with Gasteiger partial charge < -0.3 is 86.4 Å². The Hall–Kier alpha value is -10.1. The van der Waals surface area contributed by atoms with Gasteiger partial charge >= 0.3 is 17.9 Å². The number of aromatic nitrogens is 5. The van der Waals surface area contributed by atoms with Gasteiger partial charge in [0.25, 0.3) is 17.4 Å². The third-order valence-electron chi connectivity index (χ3n) is 25.0. The predicted octanol–water partition coefficient (Wildman–Crippen LogP) is 4.08. The molecule has 30 nitrogen and oxygen atoms in total. The Morgan fingerprint density at radius 3 is 2.33 bits per heavy atom. The highest BCUT2D eigenvalue weighted by molar-refractivity contribution is 6.93. The van der Waals surface area contributed by atoms with Crippen molar-refractivity contribution in [1.29, 1.82) is 0 Å². The average molecular weight is 1540 g/mol. The van der Waals surface area contributed by atoms with Crippen molar-refractivity contribution in [2.45, 2.75) is 156 Å². The average Bonchev–Trinajstić information content (AvgIpc) is 1.48. The van der Waals surface area contributed by atoms with Crippen LogP contribution in [0.1, 0.15) is 104 Å². The lowest BCUT2D eigenvalue weighted by Crippen LogP contribution is -2.81. The Morgan fingerprint density at radius 1 is 0.891 bits per heavy atom. The van der Waals surface area contributed by atoms with Crippen LogP contribution in [0.3, 0.4) is 0 Å². The van der Waals surface area contributed by atoms with Gasteiger partial charge in [0, 0.05) is 107 Å². The number of benzene rings is 4. The number of fused-ring (bicyclic) bond motifs is 8. The molecule has 4 amide bonds. The minimum Gasteiger partial charge on any atom is -0.496 e. The van der Waals surface area contributed by atoms with Gasteiger partial charge in [-0.25, -0.2) is 19.6 Å². The van der Waals surface area contributed by atoms with Crippen LogP contribution in [-0.2, 0) is 61.4 Å². The number of carboxylic acid groups (broad SMARTS) is 2. The molecule has 4 unspecified atom stereocenters. The minimum atomic E-state index is -3.01. The summed E-state index contributed by atoms with van der Waals surface area (Å²) in [6.45, 7) is 13.1. The smallest absolute Gasteiger partial charge is 0.326 e. The van der Waals surface area contributed by atoms with E-state index < -0.39 is 109 Å². The largest absolute Gasteiger partial charge is 0.496 e. The number of esters is 1. The van der Waals surface area contributed by atoms with Gasteiger partial charge in [-0.1, -0.05) is 56.3 Å². The molecule has 14 N–H and O–H groups in total. The van der Waals surface area contributed by atoms with E-state index in [1.54, 1.807) is 19.2 Å². The number of anilines is 4. The third kappa shape index (κ3) is 13.0. The van der Waals surface area contributed by atoms with Gasteiger partial charge in [-0.3, -0.25) is 38.7 Å². The van der Waals surface area contributed by atoms with Crippen LogP contribution in [0.25, 0.3) is 22.1 Å². The van der Waals surface area contributed by atoms with E-state index in [0.29, 0.717) is 111 Å². The molecule has 1 spiro atoms. The lowest BCUT2D eigenvalue weighted by Gasteiger charge is -2.63. The molecule has 9 heterocycles. The molecule has 110 heavy (non-hydrogen) atoms. The van der Waals surface area contributed by atoms with Crippen molar-refractivity contribution in [3.63, 3.8) is 0 Å². The standard InChI is InChI=1S/C78H97N15O15Si2/c1-9-74(89-59(94)40-82-47-20-22-49(23-21-47)109(6,7)108-110(8)41-57(67(100)101)93(43-110)60(95)25-24-55(66(98)99)86-64(96)45-16-18-46(19-17-45)81-38-48-39-83-63-61(84-48)65(97)88-73(80)87-63)36-44-26-31-91(42-74)32-27-51-50-14-11-12-15-54(50)85-62(51)77(37-44,72(104)107-5)53-34-52-56(35-58(53)106-4)90(3)69-76(52)29-33-92-30-13-28-75(10-2,68(76)92)70(102)78(69,105)71(79)103/h11-23,28,34-35,39,44,55,57,68-70,81-82,85,102,105H,9-10,24-27,29-33,36-38,40-43H2,1-8H3,(H2,79,103)(H,86,96)(H,89,94)(H,98,99)(H,100,101)(H3,80,83,87,88,97)/t44?,55-,57?,68+,69+,70+,74-,75+,76+,77-,78-,110?/m0/s1. The van der Waals surface area contributed by atoms with Crippen LogP contribution in [0.5, 0.6) is 5.75 Å². The first-order chi connectivity index (χ1) is 52.4. The number of nitrogens with zero attached hydrogens (tertiary/aromatic N) is 7. The van der Waals surface area contributed by atoms with Gasteiger partial charge in [0.05, 0.1) is 50.8 Å². The van der Waals surface area contributed by atoms with Crippen LogP contribution in [0, 0.1) is 11.3 Å². The third-order valence-corrected chi connectivity index (χ3v) is 33.0. The summed E-state index contributed by atoms with van der Waals surface area (Å²) in [5.74, 6) is -5.53. The Morgan fingerprint density at radius 2 is 1.63 bits per heavy atom. The molecular weight excluding hydrogens is 1440 g/mol. The number of likely N-dealkylation sites (N-methyl/N-ethyl adjacent to an activating group) is 1. The van der Waals surface area contributed by atoms with E-state index in [9.17, 15) is 54.0 Å². The van der Waals surface area contributed by atoms with E-state index in [2.05, 4.69) is 75.0 Å². The second kappa shape index (κ2) is 29.0. The molecule has 3 saturated heterocycles. The number of carboxylic acids is 2. The Labute approximate surface area is 637 Å². The van der Waals surface area contributed by atoms with Crippen LogP contribution < -0.4 is 53.1 Å². The zero-order chi connectivity index (χ0) is 78.4. The number of rotatable bonds is 23. The number of aliphatic hydroxyl groups is 2. The van der Waals surface area contributed by atoms with Crippen LogP contribution in [0.4, 0.5) is 23.0 Å². The fourth-order valence-electron chi connectivity index (χ4n) is 20.1. The molecule has 4 aromatic carbocycles. The van der Waals surface area contributed by atoms with E-state index in [1.165, 1.54) is 30.3 Å². The zero-order valence-corrected chi connectivity index (χ0v) is 65.1. The number of para-hydroxylation sites is 1. The quantitative estimate of drug-likeness (QED) is 0.0244. The number of nitrogen functional groups attached to an aromatic ring is 1. The van der Waals surface area contributed by atoms with Gasteiger partial charge in [0.15, 0.2) is 25.1 Å². The minimum absolute atomic E-state index is 0.0170. The number of amides is 4. The predicted molar refractivity (Wildman–Crippen MR) is 416 cm³/mol. The molecule has 1 aliphatic carbocycles. The summed E-state index contributed by atoms with van der Waals surface area (Å²) >= 11 is 0. The van der Waals surface area contributed by atoms with Gasteiger partial charge in [0.1, 0.15) is 29.4 Å². The number of methoxy groups -OCH3 is 2. The van der Waals surface area contributed by atoms with Crippen molar-refractivity contribution in [3.8, 4) is 5.75 Å². The summed E-state index contributed by atoms with van der Waals surface area (Å²) in [5.41, 5.74) is 11.1. The molecule has 6 aliphatic heterocycles. The highest BCUT2D eigenvalue weighted by atomic mass is 28.4. The number of aliphatic carboxylic acids is 2. The first kappa shape index (κ1) is 76.7. The molecule has 32 heteroatoms. The monoisotopic (exact) mass is 1540 g/mol. The van der Waals surface area contributed by atoms with E-state index in [1.807, 2.05) is 99.2 Å². The van der Waals surface area contributed by atoms with Crippen molar-refractivity contribution < 1.29 is 67.6 Å². The molecule has 3 aromatic heterocycles. The SMILES string of the molecule is CC[C@]1(NC(=O)CNc2ccc([Si](C)(C)O[Si]3(C)CC(C(=O)O)N(C(=O)CC[C@H](NC(=O)c4ccc(NCc5cnc6nc(N)[nH]c(=O)c6n5)cc4)C(=O)O)C3)cc2)CC2CCN(CCc3c([nH]c4ccccc34)[C@@](C(=O)OC)(c3cc4c(cc3OC)N(C)[C@H]3[C@@](O)(C(N)=O)[C@H](O)[C@]5(CC)C=CCN6CC[C@]43[C@H]65)C2)C1. The summed E-state index contributed by atoms with van der Waals surface area (Å²) in [7, 11) is -1.04. The highest BCUT2D eigenvalue weighted by Gasteiger charge is 2.78. The molecule has 7 aromatic rings. The maximum atomic E-state index is 16.0. The maximum Gasteiger partial charge on any atom is 0.326 e. The fraction of sp³-hybridized carbons (Fsp3) is 0.474. The summed E-state index contributed by atoms with van der Waals surface area (Å²) in [4.78, 5) is 137. The van der Waals surface area contributed by atoms with Gasteiger partial charge in [-0.05, 0) is 161 Å². The fourth-order valence-corrected chi connectivity index (χ4v) is 29.5. The summed E-state index contributed by atoms with van der Waals surface area (Å²) in [6.07, 6.45) is 6.70. The van der Waals surface area contributed by atoms with Gasteiger partial charge in [-0.2, -0.15) is 4.98 Å². The molecule has 4 fully saturated rings. The molecule has 7 aliphatic rings. The Balaban J connectivity index is 0.652. The van der Waals surface area contributed by atoms with Gasteiger partial charge in [-0.15, -0.1) is 0 Å². The van der Waals surface area contributed by atoms with Gasteiger partial charge in [0.2, 0.25) is 26.1 Å². The number of carbonyl (C=O) groups excluding carboxylic acids is 5. The summed E-state index contributed by atoms with van der Waals surface area (Å²) in [5, 5.41) is 60.7.